The second-order valence-corrected chi connectivity index (χ2v) is 24.4. The zero-order valence-electron chi connectivity index (χ0n) is 64.7. The van der Waals surface area contributed by atoms with Gasteiger partial charge in [0.25, 0.3) is 0 Å². The average molecular weight is 1630 g/mol. The second kappa shape index (κ2) is 52.7. The Labute approximate surface area is 680 Å². The summed E-state index contributed by atoms with van der Waals surface area (Å²) in [6.07, 6.45) is 1.79. The highest BCUT2D eigenvalue weighted by atomic mass is 16.6. The van der Waals surface area contributed by atoms with Crippen LogP contribution in [0.15, 0.2) is 219 Å². The van der Waals surface area contributed by atoms with Crippen molar-refractivity contribution >= 4 is 59.7 Å². The Morgan fingerprint density at radius 1 is 0.203 bits per heavy atom. The molecule has 0 bridgehead atoms. The van der Waals surface area contributed by atoms with Crippen molar-refractivity contribution in [2.45, 2.75) is 12.8 Å². The number of carbonyl (C=O) groups is 10. The predicted octanol–water partition coefficient (Wildman–Crippen LogP) is 11.1. The summed E-state index contributed by atoms with van der Waals surface area (Å²) in [5.41, 5.74) is 4.90. The Bertz CT molecular complexity index is 4170. The molecule has 0 saturated heterocycles. The maximum absolute atomic E-state index is 13.0. The van der Waals surface area contributed by atoms with E-state index in [0.717, 1.165) is 34.4 Å². The van der Waals surface area contributed by atoms with Crippen LogP contribution in [0.4, 0.5) is 0 Å². The van der Waals surface area contributed by atoms with Gasteiger partial charge in [0.2, 0.25) is 0 Å². The van der Waals surface area contributed by atoms with Gasteiger partial charge in [-0.05, 0) is 168 Å². The number of hydrogen-bond acceptors (Lipinski definition) is 30. The van der Waals surface area contributed by atoms with Crippen LogP contribution < -0.4 is 28.4 Å². The highest BCUT2D eigenvalue weighted by Gasteiger charge is 2.18. The van der Waals surface area contributed by atoms with E-state index in [4.69, 9.17) is 94.7 Å². The molecule has 0 aliphatic rings. The standard InChI is InChI=1S/C88H90O30/c1-3-79(89)109-57-49-101-41-39-99-47-55-107-73-25-17-69(18-26-73)85(95)117-77-33-21-71(22-34-77)87(97)115-75-29-13-65(14-30-75)63-5-9-67(10-6-63)83(93)113-61-53-105-45-43-103-51-59-111-81(91)37-38-82(92)112-60-52-104-44-46-106-54-62-114-84(94)68-11-7-64(8-12-68)66-15-31-76(32-16-66)116-88(98)72-23-35-78(36-24-72)118-86(96)70-19-27-74(28-20-70)108-56-48-100-40-42-102-50-58-110-80(90)4-2/h3-36H,1-2,37-62H2. The van der Waals surface area contributed by atoms with Gasteiger partial charge < -0.3 is 94.7 Å². The van der Waals surface area contributed by atoms with Gasteiger partial charge in [0.05, 0.1) is 152 Å². The van der Waals surface area contributed by atoms with Crippen molar-refractivity contribution in [3.63, 3.8) is 0 Å². The van der Waals surface area contributed by atoms with Crippen molar-refractivity contribution < 1.29 is 143 Å². The van der Waals surface area contributed by atoms with E-state index in [-0.39, 0.29) is 166 Å². The molecule has 0 unspecified atom stereocenters. The quantitative estimate of drug-likeness (QED) is 0.0112. The summed E-state index contributed by atoms with van der Waals surface area (Å²) in [6, 6.07) is 51.9. The van der Waals surface area contributed by atoms with Crippen LogP contribution in [-0.4, -0.2) is 218 Å². The van der Waals surface area contributed by atoms with Crippen LogP contribution in [0.25, 0.3) is 22.3 Å². The molecular formula is C88H90O30. The fourth-order valence-electron chi connectivity index (χ4n) is 9.96. The first-order valence-corrected chi connectivity index (χ1v) is 37.4. The van der Waals surface area contributed by atoms with E-state index < -0.39 is 59.7 Å². The lowest BCUT2D eigenvalue weighted by atomic mass is 10.0. The summed E-state index contributed by atoms with van der Waals surface area (Å²) in [4.78, 5) is 123. The molecule has 0 N–H and O–H groups in total. The van der Waals surface area contributed by atoms with Crippen LogP contribution in [0, 0.1) is 0 Å². The molecule has 0 amide bonds. The van der Waals surface area contributed by atoms with Crippen LogP contribution >= 0.6 is 0 Å². The molecule has 0 heterocycles. The Kier molecular flexibility index (Phi) is 40.5. The monoisotopic (exact) mass is 1630 g/mol. The largest absolute Gasteiger partial charge is 0.491 e. The molecule has 8 aromatic carbocycles. The fourth-order valence-corrected chi connectivity index (χ4v) is 9.96. The first-order chi connectivity index (χ1) is 57.6. The number of hydrogen-bond donors (Lipinski definition) is 0. The number of carbonyl (C=O) groups excluding carboxylic acids is 10. The number of ether oxygens (including phenoxy) is 20. The van der Waals surface area contributed by atoms with Crippen molar-refractivity contribution in [1.29, 1.82) is 0 Å². The lowest BCUT2D eigenvalue weighted by Crippen LogP contribution is -2.17. The topological polar surface area (TPSA) is 355 Å². The summed E-state index contributed by atoms with van der Waals surface area (Å²) in [7, 11) is 0. The minimum absolute atomic E-state index is 0.00425. The molecule has 0 saturated carbocycles. The molecule has 0 spiro atoms. The highest BCUT2D eigenvalue weighted by molar-refractivity contribution is 5.95. The van der Waals surface area contributed by atoms with Crippen molar-refractivity contribution in [1.82, 2.24) is 0 Å². The molecule has 622 valence electrons. The van der Waals surface area contributed by atoms with Gasteiger partial charge in [-0.15, -0.1) is 0 Å². The summed E-state index contributed by atoms with van der Waals surface area (Å²) >= 11 is 0. The van der Waals surface area contributed by atoms with Crippen molar-refractivity contribution in [3.8, 4) is 56.8 Å². The number of benzene rings is 8. The summed E-state index contributed by atoms with van der Waals surface area (Å²) in [6.45, 7) is 10.9. The van der Waals surface area contributed by atoms with Gasteiger partial charge >= 0.3 is 59.7 Å². The minimum Gasteiger partial charge on any atom is -0.491 e. The smallest absolute Gasteiger partial charge is 0.343 e. The minimum atomic E-state index is -0.621. The van der Waals surface area contributed by atoms with Gasteiger partial charge in [-0.25, -0.2) is 38.4 Å². The van der Waals surface area contributed by atoms with Gasteiger partial charge in [0.1, 0.15) is 87.4 Å². The molecule has 0 aliphatic heterocycles. The average Bonchev–Trinajstić information content (AvgIpc) is 0.860. The van der Waals surface area contributed by atoms with Crippen molar-refractivity contribution in [3.05, 3.63) is 253 Å². The molecule has 30 heteroatoms. The van der Waals surface area contributed by atoms with Gasteiger partial charge in [0, 0.05) is 12.2 Å². The zero-order valence-corrected chi connectivity index (χ0v) is 64.7. The van der Waals surface area contributed by atoms with E-state index in [9.17, 15) is 47.9 Å². The SMILES string of the molecule is C=CC(=O)OCCOCCOCCOc1ccc(C(=O)Oc2ccc(C(=O)Oc3ccc(-c4ccc(C(=O)OCCOCCOCCOC(=O)CCC(=O)OCCOCCOCCOC(=O)c5ccc(-c6ccc(OC(=O)c7ccc(OC(=O)c8ccc(OCCOCCOCCOC(=O)C=C)cc8)cc7)cc6)cc5)cc4)cc3)cc2)cc1. The third-order valence-electron chi connectivity index (χ3n) is 16.0. The van der Waals surface area contributed by atoms with E-state index in [1.54, 1.807) is 146 Å². The molecule has 8 rings (SSSR count). The maximum atomic E-state index is 13.0. The van der Waals surface area contributed by atoms with Crippen LogP contribution in [0.3, 0.4) is 0 Å². The van der Waals surface area contributed by atoms with Crippen molar-refractivity contribution in [2.24, 2.45) is 0 Å². The van der Waals surface area contributed by atoms with E-state index in [0.29, 0.717) is 73.8 Å². The van der Waals surface area contributed by atoms with E-state index in [1.165, 1.54) is 48.5 Å². The molecule has 8 aromatic rings. The normalized spacial score (nSPS) is 10.7. The highest BCUT2D eigenvalue weighted by Crippen LogP contribution is 2.27. The fraction of sp³-hybridized carbons (Fsp3) is 0.295. The van der Waals surface area contributed by atoms with E-state index in [1.807, 2.05) is 0 Å². The zero-order chi connectivity index (χ0) is 83.6. The molecule has 0 aromatic heterocycles. The summed E-state index contributed by atoms with van der Waals surface area (Å²) in [5, 5.41) is 0. The Balaban J connectivity index is 0.565. The van der Waals surface area contributed by atoms with Crippen LogP contribution in [0.5, 0.6) is 34.5 Å². The molecule has 0 radical (unpaired) electrons. The van der Waals surface area contributed by atoms with Crippen LogP contribution in [-0.2, 0) is 85.5 Å². The predicted molar refractivity (Wildman–Crippen MR) is 421 cm³/mol. The van der Waals surface area contributed by atoms with Gasteiger partial charge in [-0.3, -0.25) is 9.59 Å². The number of esters is 10. The summed E-state index contributed by atoms with van der Waals surface area (Å²) < 4.78 is 107. The Morgan fingerprint density at radius 3 is 0.644 bits per heavy atom. The van der Waals surface area contributed by atoms with Gasteiger partial charge in [0.15, 0.2) is 0 Å². The maximum Gasteiger partial charge on any atom is 0.343 e. The van der Waals surface area contributed by atoms with Gasteiger partial charge in [-0.2, -0.15) is 0 Å². The van der Waals surface area contributed by atoms with Crippen LogP contribution in [0.2, 0.25) is 0 Å². The first kappa shape index (κ1) is 90.8. The Morgan fingerprint density at radius 2 is 0.390 bits per heavy atom. The van der Waals surface area contributed by atoms with Gasteiger partial charge in [-0.1, -0.05) is 61.7 Å². The second-order valence-electron chi connectivity index (χ2n) is 24.4. The lowest BCUT2D eigenvalue weighted by Gasteiger charge is -2.09. The molecule has 0 atom stereocenters. The molecule has 0 aliphatic carbocycles. The molecular weight excluding hydrogens is 1540 g/mol. The van der Waals surface area contributed by atoms with E-state index in [2.05, 4.69) is 13.2 Å². The third-order valence-corrected chi connectivity index (χ3v) is 16.0. The molecule has 30 nitrogen and oxygen atoms in total. The first-order valence-electron chi connectivity index (χ1n) is 37.4. The third kappa shape index (κ3) is 34.7. The summed E-state index contributed by atoms with van der Waals surface area (Å²) in [5.74, 6) is -3.65. The number of rotatable bonds is 55. The van der Waals surface area contributed by atoms with E-state index >= 15 is 0 Å². The van der Waals surface area contributed by atoms with Crippen LogP contribution in [0.1, 0.15) is 75.0 Å². The van der Waals surface area contributed by atoms with Crippen molar-refractivity contribution in [2.75, 3.05) is 159 Å². The lowest BCUT2D eigenvalue weighted by molar-refractivity contribution is -0.152. The molecule has 118 heavy (non-hydrogen) atoms. The molecule has 0 fully saturated rings. The Hall–Kier alpha value is -12.8.